The van der Waals surface area contributed by atoms with Gasteiger partial charge in [0.05, 0.1) is 5.54 Å². The second-order valence-electron chi connectivity index (χ2n) is 5.25. The molecule has 0 saturated heterocycles. The summed E-state index contributed by atoms with van der Waals surface area (Å²) in [5.74, 6) is -0.0947. The van der Waals surface area contributed by atoms with Crippen molar-refractivity contribution >= 4 is 12.0 Å². The largest absolute Gasteiger partial charge is 0.465 e. The summed E-state index contributed by atoms with van der Waals surface area (Å²) in [5.41, 5.74) is -1.12. The first-order chi connectivity index (χ1) is 6.54. The summed E-state index contributed by atoms with van der Waals surface area (Å²) in [6.07, 6.45) is -1.09. The van der Waals surface area contributed by atoms with Crippen molar-refractivity contribution in [1.29, 1.82) is 0 Å². The SMILES string of the molecule is CC(C)(CNC(=O)C(C)(C)C)NC(=O)O. The lowest BCUT2D eigenvalue weighted by molar-refractivity contribution is -0.128. The van der Waals surface area contributed by atoms with Gasteiger partial charge < -0.3 is 15.7 Å². The summed E-state index contributed by atoms with van der Waals surface area (Å²) >= 11 is 0. The van der Waals surface area contributed by atoms with Crippen molar-refractivity contribution in [2.45, 2.75) is 40.2 Å². The molecular weight excluding hydrogens is 196 g/mol. The molecule has 0 atom stereocenters. The molecule has 0 aliphatic heterocycles. The topological polar surface area (TPSA) is 78.4 Å². The maximum Gasteiger partial charge on any atom is 0.405 e. The van der Waals surface area contributed by atoms with E-state index in [9.17, 15) is 9.59 Å². The molecule has 0 spiro atoms. The number of carbonyl (C=O) groups is 2. The van der Waals surface area contributed by atoms with Crippen LogP contribution in [0, 0.1) is 5.41 Å². The summed E-state index contributed by atoms with van der Waals surface area (Å²) in [6, 6.07) is 0. The zero-order valence-electron chi connectivity index (χ0n) is 9.97. The van der Waals surface area contributed by atoms with Crippen LogP contribution in [0.15, 0.2) is 0 Å². The van der Waals surface area contributed by atoms with E-state index in [1.807, 2.05) is 0 Å². The Hall–Kier alpha value is -1.26. The van der Waals surface area contributed by atoms with Crippen LogP contribution in [-0.2, 0) is 4.79 Å². The summed E-state index contributed by atoms with van der Waals surface area (Å²) < 4.78 is 0. The van der Waals surface area contributed by atoms with Crippen LogP contribution in [0.1, 0.15) is 34.6 Å². The molecule has 0 rings (SSSR count). The number of carbonyl (C=O) groups excluding carboxylic acids is 1. The first kappa shape index (κ1) is 13.7. The van der Waals surface area contributed by atoms with Crippen molar-refractivity contribution in [2.75, 3.05) is 6.54 Å². The summed E-state index contributed by atoms with van der Waals surface area (Å²) in [4.78, 5) is 21.9. The fraction of sp³-hybridized carbons (Fsp3) is 0.800. The molecule has 2 amide bonds. The van der Waals surface area contributed by atoms with Crippen LogP contribution in [-0.4, -0.2) is 29.2 Å². The van der Waals surface area contributed by atoms with Gasteiger partial charge in [-0.25, -0.2) is 4.79 Å². The fourth-order valence-corrected chi connectivity index (χ4v) is 0.900. The molecule has 15 heavy (non-hydrogen) atoms. The van der Waals surface area contributed by atoms with Crippen LogP contribution < -0.4 is 10.6 Å². The predicted octanol–water partition coefficient (Wildman–Crippen LogP) is 1.19. The van der Waals surface area contributed by atoms with Crippen LogP contribution in [0.2, 0.25) is 0 Å². The molecule has 0 radical (unpaired) electrons. The van der Waals surface area contributed by atoms with E-state index >= 15 is 0 Å². The van der Waals surface area contributed by atoms with E-state index in [2.05, 4.69) is 10.6 Å². The average Bonchev–Trinajstić information content (AvgIpc) is 1.95. The minimum absolute atomic E-state index is 0.0947. The van der Waals surface area contributed by atoms with Gasteiger partial charge in [0.1, 0.15) is 0 Å². The maximum atomic E-state index is 11.5. The molecule has 0 aromatic rings. The number of hydrogen-bond donors (Lipinski definition) is 3. The highest BCUT2D eigenvalue weighted by molar-refractivity contribution is 5.81. The zero-order chi connectivity index (χ0) is 12.3. The molecular formula is C10H20N2O3. The normalized spacial score (nSPS) is 12.1. The molecule has 88 valence electrons. The number of rotatable bonds is 3. The quantitative estimate of drug-likeness (QED) is 0.663. The number of hydrogen-bond acceptors (Lipinski definition) is 2. The van der Waals surface area contributed by atoms with Gasteiger partial charge in [-0.3, -0.25) is 4.79 Å². The Bertz CT molecular complexity index is 254. The van der Waals surface area contributed by atoms with Crippen LogP contribution in [0.25, 0.3) is 0 Å². The standard InChI is InChI=1S/C10H20N2O3/c1-9(2,3)7(13)11-6-10(4,5)12-8(14)15/h12H,6H2,1-5H3,(H,11,13)(H,14,15). The van der Waals surface area contributed by atoms with E-state index in [1.165, 1.54) is 0 Å². The Balaban J connectivity index is 4.15. The van der Waals surface area contributed by atoms with E-state index < -0.39 is 17.0 Å². The first-order valence-electron chi connectivity index (χ1n) is 4.84. The second-order valence-corrected chi connectivity index (χ2v) is 5.25. The molecule has 0 unspecified atom stereocenters. The van der Waals surface area contributed by atoms with E-state index in [0.717, 1.165) is 0 Å². The Labute approximate surface area is 90.2 Å². The summed E-state index contributed by atoms with van der Waals surface area (Å²) in [5, 5.41) is 13.6. The third-order valence-electron chi connectivity index (χ3n) is 1.82. The summed E-state index contributed by atoms with van der Waals surface area (Å²) in [6.45, 7) is 9.11. The van der Waals surface area contributed by atoms with Gasteiger partial charge in [-0.1, -0.05) is 20.8 Å². The Morgan fingerprint density at radius 2 is 1.60 bits per heavy atom. The van der Waals surface area contributed by atoms with Crippen molar-refractivity contribution < 1.29 is 14.7 Å². The van der Waals surface area contributed by atoms with Gasteiger partial charge in [0, 0.05) is 12.0 Å². The number of nitrogens with one attached hydrogen (secondary N) is 2. The molecule has 0 heterocycles. The van der Waals surface area contributed by atoms with Crippen molar-refractivity contribution in [2.24, 2.45) is 5.41 Å². The molecule has 3 N–H and O–H groups in total. The van der Waals surface area contributed by atoms with Gasteiger partial charge in [0.2, 0.25) is 5.91 Å². The molecule has 0 fully saturated rings. The lowest BCUT2D eigenvalue weighted by atomic mass is 9.95. The van der Waals surface area contributed by atoms with Crippen molar-refractivity contribution in [1.82, 2.24) is 10.6 Å². The summed E-state index contributed by atoms with van der Waals surface area (Å²) in [7, 11) is 0. The smallest absolute Gasteiger partial charge is 0.405 e. The Morgan fingerprint density at radius 1 is 1.13 bits per heavy atom. The molecule has 0 aromatic carbocycles. The highest BCUT2D eigenvalue weighted by Gasteiger charge is 2.25. The van der Waals surface area contributed by atoms with Gasteiger partial charge in [-0.15, -0.1) is 0 Å². The van der Waals surface area contributed by atoms with Gasteiger partial charge in [0.25, 0.3) is 0 Å². The van der Waals surface area contributed by atoms with Crippen molar-refractivity contribution in [3.8, 4) is 0 Å². The minimum Gasteiger partial charge on any atom is -0.465 e. The third-order valence-corrected chi connectivity index (χ3v) is 1.82. The van der Waals surface area contributed by atoms with Crippen LogP contribution in [0.5, 0.6) is 0 Å². The molecule has 5 heteroatoms. The minimum atomic E-state index is -1.09. The van der Waals surface area contributed by atoms with E-state index in [-0.39, 0.29) is 12.5 Å². The van der Waals surface area contributed by atoms with Crippen LogP contribution in [0.3, 0.4) is 0 Å². The van der Waals surface area contributed by atoms with Gasteiger partial charge in [0.15, 0.2) is 0 Å². The predicted molar refractivity (Wildman–Crippen MR) is 57.7 cm³/mol. The molecule has 5 nitrogen and oxygen atoms in total. The Morgan fingerprint density at radius 3 is 1.93 bits per heavy atom. The zero-order valence-corrected chi connectivity index (χ0v) is 9.97. The lowest BCUT2D eigenvalue weighted by Crippen LogP contribution is -2.52. The number of amides is 2. The van der Waals surface area contributed by atoms with Gasteiger partial charge >= 0.3 is 6.09 Å². The van der Waals surface area contributed by atoms with Gasteiger partial charge in [-0.2, -0.15) is 0 Å². The molecule has 0 aliphatic rings. The Kier molecular flexibility index (Phi) is 4.13. The van der Waals surface area contributed by atoms with Crippen molar-refractivity contribution in [3.63, 3.8) is 0 Å². The third kappa shape index (κ3) is 5.93. The van der Waals surface area contributed by atoms with Crippen molar-refractivity contribution in [3.05, 3.63) is 0 Å². The number of carboxylic acid groups (broad SMARTS) is 1. The van der Waals surface area contributed by atoms with E-state index in [1.54, 1.807) is 34.6 Å². The second kappa shape index (κ2) is 4.51. The van der Waals surface area contributed by atoms with Crippen LogP contribution in [0.4, 0.5) is 4.79 Å². The van der Waals surface area contributed by atoms with E-state index in [0.29, 0.717) is 0 Å². The lowest BCUT2D eigenvalue weighted by Gasteiger charge is -2.27. The molecule has 0 aromatic heterocycles. The molecule has 0 saturated carbocycles. The molecule has 0 bridgehead atoms. The maximum absolute atomic E-state index is 11.5. The highest BCUT2D eigenvalue weighted by atomic mass is 16.4. The van der Waals surface area contributed by atoms with Crippen LogP contribution >= 0.6 is 0 Å². The van der Waals surface area contributed by atoms with E-state index in [4.69, 9.17) is 5.11 Å². The molecule has 0 aliphatic carbocycles. The first-order valence-corrected chi connectivity index (χ1v) is 4.84. The fourth-order valence-electron chi connectivity index (χ4n) is 0.900. The average molecular weight is 216 g/mol. The van der Waals surface area contributed by atoms with Gasteiger partial charge in [-0.05, 0) is 13.8 Å². The monoisotopic (exact) mass is 216 g/mol. The highest BCUT2D eigenvalue weighted by Crippen LogP contribution is 2.12.